The number of halogens is 1. The van der Waals surface area contributed by atoms with E-state index in [-0.39, 0.29) is 18.0 Å². The van der Waals surface area contributed by atoms with E-state index in [0.29, 0.717) is 10.2 Å². The lowest BCUT2D eigenvalue weighted by atomic mass is 10.1. The van der Waals surface area contributed by atoms with Gasteiger partial charge in [0.25, 0.3) is 0 Å². The third kappa shape index (κ3) is 3.26. The Hall–Kier alpha value is -1.22. The predicted octanol–water partition coefficient (Wildman–Crippen LogP) is 1.68. The Morgan fingerprint density at radius 2 is 2.20 bits per heavy atom. The van der Waals surface area contributed by atoms with Crippen molar-refractivity contribution in [2.75, 3.05) is 0 Å². The summed E-state index contributed by atoms with van der Waals surface area (Å²) in [5.74, 6) is 0. The molecule has 1 heterocycles. The predicted molar refractivity (Wildman–Crippen MR) is 77.3 cm³/mol. The van der Waals surface area contributed by atoms with E-state index in [1.165, 1.54) is 6.26 Å². The minimum Gasteiger partial charge on any atom is -0.364 e. The molecule has 0 atom stereocenters. The molecule has 1 aromatic carbocycles. The van der Waals surface area contributed by atoms with Crippen LogP contribution in [-0.4, -0.2) is 13.6 Å². The Morgan fingerprint density at radius 1 is 1.45 bits per heavy atom. The lowest BCUT2D eigenvalue weighted by Crippen LogP contribution is -2.24. The van der Waals surface area contributed by atoms with Crippen LogP contribution in [0.25, 0.3) is 0 Å². The minimum absolute atomic E-state index is 0.0666. The summed E-state index contributed by atoms with van der Waals surface area (Å²) >= 11 is 3.30. The minimum atomic E-state index is -3.66. The molecule has 0 unspecified atom stereocenters. The summed E-state index contributed by atoms with van der Waals surface area (Å²) in [5.41, 5.74) is 7.66. The van der Waals surface area contributed by atoms with Crippen molar-refractivity contribution in [1.82, 2.24) is 9.88 Å². The van der Waals surface area contributed by atoms with Crippen LogP contribution < -0.4 is 10.5 Å². The molecule has 2 aromatic rings. The number of hydrogen-bond acceptors (Lipinski definition) is 5. The van der Waals surface area contributed by atoms with E-state index < -0.39 is 10.0 Å². The molecule has 0 radical (unpaired) electrons. The van der Waals surface area contributed by atoms with Crippen LogP contribution in [-0.2, 0) is 23.1 Å². The van der Waals surface area contributed by atoms with Gasteiger partial charge in [0.1, 0.15) is 6.26 Å². The number of aryl methyl sites for hydroxylation is 1. The summed E-state index contributed by atoms with van der Waals surface area (Å²) in [6, 6.07) is 5.00. The van der Waals surface area contributed by atoms with Crippen LogP contribution >= 0.6 is 15.9 Å². The standard InChI is InChI=1S/C12H14BrN3O3S/c1-8-4-9(6-14)5-11(12(8)13)20(17,18)15-7-10-2-3-19-16-10/h2-5,15H,6-7,14H2,1H3. The van der Waals surface area contributed by atoms with Gasteiger partial charge in [-0.3, -0.25) is 0 Å². The molecule has 0 amide bonds. The first kappa shape index (κ1) is 15.2. The van der Waals surface area contributed by atoms with Crippen LogP contribution in [0.5, 0.6) is 0 Å². The fraction of sp³-hybridized carbons (Fsp3) is 0.250. The molecule has 2 rings (SSSR count). The monoisotopic (exact) mass is 359 g/mol. The summed E-state index contributed by atoms with van der Waals surface area (Å²) in [4.78, 5) is 0.168. The molecule has 1 aromatic heterocycles. The quantitative estimate of drug-likeness (QED) is 0.846. The van der Waals surface area contributed by atoms with Crippen molar-refractivity contribution in [3.8, 4) is 0 Å². The van der Waals surface area contributed by atoms with Crippen molar-refractivity contribution in [2.45, 2.75) is 24.9 Å². The van der Waals surface area contributed by atoms with Gasteiger partial charge in [0, 0.05) is 17.1 Å². The molecule has 20 heavy (non-hydrogen) atoms. The molecule has 6 nitrogen and oxygen atoms in total. The number of nitrogens with zero attached hydrogens (tertiary/aromatic N) is 1. The highest BCUT2D eigenvalue weighted by molar-refractivity contribution is 9.10. The van der Waals surface area contributed by atoms with Gasteiger partial charge >= 0.3 is 0 Å². The van der Waals surface area contributed by atoms with Gasteiger partial charge in [0.2, 0.25) is 10.0 Å². The van der Waals surface area contributed by atoms with Gasteiger partial charge in [0.15, 0.2) is 0 Å². The van der Waals surface area contributed by atoms with Crippen LogP contribution in [0.1, 0.15) is 16.8 Å². The highest BCUT2D eigenvalue weighted by atomic mass is 79.9. The molecule has 0 spiro atoms. The molecule has 0 aliphatic carbocycles. The highest BCUT2D eigenvalue weighted by Crippen LogP contribution is 2.27. The molecular formula is C12H14BrN3O3S. The SMILES string of the molecule is Cc1cc(CN)cc(S(=O)(=O)NCc2ccon2)c1Br. The number of nitrogens with one attached hydrogen (secondary N) is 1. The van der Waals surface area contributed by atoms with E-state index in [9.17, 15) is 8.42 Å². The Balaban J connectivity index is 2.31. The summed E-state index contributed by atoms with van der Waals surface area (Å²) in [6.07, 6.45) is 1.39. The first-order valence-electron chi connectivity index (χ1n) is 5.82. The van der Waals surface area contributed by atoms with E-state index in [4.69, 9.17) is 5.73 Å². The molecule has 0 saturated carbocycles. The van der Waals surface area contributed by atoms with Crippen LogP contribution in [0, 0.1) is 6.92 Å². The first-order chi connectivity index (χ1) is 9.44. The van der Waals surface area contributed by atoms with Crippen molar-refractivity contribution in [3.05, 3.63) is 45.8 Å². The molecular weight excluding hydrogens is 346 g/mol. The largest absolute Gasteiger partial charge is 0.364 e. The molecule has 0 bridgehead atoms. The number of nitrogens with two attached hydrogens (primary N) is 1. The fourth-order valence-electron chi connectivity index (χ4n) is 1.70. The van der Waals surface area contributed by atoms with Gasteiger partial charge in [-0.15, -0.1) is 0 Å². The van der Waals surface area contributed by atoms with Gasteiger partial charge in [-0.25, -0.2) is 13.1 Å². The van der Waals surface area contributed by atoms with Crippen molar-refractivity contribution in [1.29, 1.82) is 0 Å². The second-order valence-electron chi connectivity index (χ2n) is 4.24. The van der Waals surface area contributed by atoms with Crippen molar-refractivity contribution < 1.29 is 12.9 Å². The van der Waals surface area contributed by atoms with Crippen molar-refractivity contribution in [2.24, 2.45) is 5.73 Å². The van der Waals surface area contributed by atoms with E-state index in [0.717, 1.165) is 11.1 Å². The zero-order valence-electron chi connectivity index (χ0n) is 10.8. The van der Waals surface area contributed by atoms with Crippen LogP contribution in [0.3, 0.4) is 0 Å². The zero-order chi connectivity index (χ0) is 14.8. The maximum Gasteiger partial charge on any atom is 0.242 e. The van der Waals surface area contributed by atoms with Gasteiger partial charge in [-0.05, 0) is 40.0 Å². The van der Waals surface area contributed by atoms with Crippen molar-refractivity contribution >= 4 is 26.0 Å². The van der Waals surface area contributed by atoms with Gasteiger partial charge in [0.05, 0.1) is 17.1 Å². The molecule has 3 N–H and O–H groups in total. The third-order valence-electron chi connectivity index (χ3n) is 2.74. The normalized spacial score (nSPS) is 11.8. The highest BCUT2D eigenvalue weighted by Gasteiger charge is 2.20. The molecule has 108 valence electrons. The number of rotatable bonds is 5. The number of aromatic nitrogens is 1. The van der Waals surface area contributed by atoms with Gasteiger partial charge in [-0.2, -0.15) is 0 Å². The van der Waals surface area contributed by atoms with Gasteiger partial charge in [-0.1, -0.05) is 11.2 Å². The Kier molecular flexibility index (Phi) is 4.59. The molecule has 0 saturated heterocycles. The molecule has 0 aliphatic rings. The Morgan fingerprint density at radius 3 is 2.80 bits per heavy atom. The Labute approximate surface area is 125 Å². The summed E-state index contributed by atoms with van der Waals surface area (Å²) in [6.45, 7) is 2.16. The maximum absolute atomic E-state index is 12.3. The summed E-state index contributed by atoms with van der Waals surface area (Å²) in [5, 5.41) is 3.65. The molecule has 8 heteroatoms. The van der Waals surface area contributed by atoms with E-state index in [1.807, 2.05) is 13.0 Å². The van der Waals surface area contributed by atoms with Crippen LogP contribution in [0.2, 0.25) is 0 Å². The lowest BCUT2D eigenvalue weighted by Gasteiger charge is -2.11. The second kappa shape index (κ2) is 6.04. The molecule has 0 aliphatic heterocycles. The average Bonchev–Trinajstić information content (AvgIpc) is 2.92. The number of benzene rings is 1. The van der Waals surface area contributed by atoms with E-state index >= 15 is 0 Å². The first-order valence-corrected chi connectivity index (χ1v) is 8.09. The van der Waals surface area contributed by atoms with E-state index in [2.05, 4.69) is 30.3 Å². The number of sulfonamides is 1. The second-order valence-corrected chi connectivity index (χ2v) is 6.77. The maximum atomic E-state index is 12.3. The number of hydrogen-bond donors (Lipinski definition) is 2. The van der Waals surface area contributed by atoms with Crippen LogP contribution in [0.4, 0.5) is 0 Å². The van der Waals surface area contributed by atoms with Crippen LogP contribution in [0.15, 0.2) is 38.4 Å². The molecule has 0 fully saturated rings. The average molecular weight is 360 g/mol. The zero-order valence-corrected chi connectivity index (χ0v) is 13.2. The third-order valence-corrected chi connectivity index (χ3v) is 5.48. The Bertz CT molecular complexity index is 699. The van der Waals surface area contributed by atoms with Gasteiger partial charge < -0.3 is 10.3 Å². The van der Waals surface area contributed by atoms with Crippen molar-refractivity contribution in [3.63, 3.8) is 0 Å². The summed E-state index contributed by atoms with van der Waals surface area (Å²) < 4.78 is 32.3. The van der Waals surface area contributed by atoms with E-state index in [1.54, 1.807) is 12.1 Å². The summed E-state index contributed by atoms with van der Waals surface area (Å²) in [7, 11) is -3.66. The topological polar surface area (TPSA) is 98.2 Å². The lowest BCUT2D eigenvalue weighted by molar-refractivity contribution is 0.411. The fourth-order valence-corrected chi connectivity index (χ4v) is 3.76. The smallest absolute Gasteiger partial charge is 0.242 e.